The number of hydrogen-bond donors (Lipinski definition) is 2. The highest BCUT2D eigenvalue weighted by Crippen LogP contribution is 2.67. The van der Waals surface area contributed by atoms with Crippen LogP contribution in [0, 0.1) is 34.5 Å². The number of ketones is 2. The van der Waals surface area contributed by atoms with E-state index in [1.807, 2.05) is 6.08 Å². The van der Waals surface area contributed by atoms with Crippen LogP contribution in [0.3, 0.4) is 0 Å². The minimum atomic E-state index is -0.358. The lowest BCUT2D eigenvalue weighted by molar-refractivity contribution is -0.178. The second-order valence-electron chi connectivity index (χ2n) is 12.5. The third-order valence-electron chi connectivity index (χ3n) is 10.5. The van der Waals surface area contributed by atoms with Crippen LogP contribution in [0.15, 0.2) is 24.2 Å². The third kappa shape index (κ3) is 4.87. The Bertz CT molecular complexity index is 1130. The first kappa shape index (κ1) is 26.8. The SMILES string of the molecule is CC(=O)[C@H]1CC[C@H]2[C@@H]3CCC4=CC(=O)CC[C@]4(C)[C@H]3[C@H](OC(=O)CCC(=O)NCCc3cnc[nH]3)C[C@]12C. The number of aromatic amines is 1. The first-order valence-corrected chi connectivity index (χ1v) is 14.3. The van der Waals surface area contributed by atoms with Crippen LogP contribution in [0.2, 0.25) is 0 Å². The molecule has 4 aliphatic rings. The number of allylic oxidation sites excluding steroid dienone is 1. The molecule has 4 aliphatic carbocycles. The van der Waals surface area contributed by atoms with Gasteiger partial charge in [-0.3, -0.25) is 19.2 Å². The molecule has 1 amide bonds. The summed E-state index contributed by atoms with van der Waals surface area (Å²) in [5, 5.41) is 2.86. The van der Waals surface area contributed by atoms with Gasteiger partial charge in [0.2, 0.25) is 5.91 Å². The van der Waals surface area contributed by atoms with E-state index in [1.165, 1.54) is 5.57 Å². The van der Waals surface area contributed by atoms with E-state index in [2.05, 4.69) is 29.1 Å². The molecule has 206 valence electrons. The molecule has 7 atom stereocenters. The molecule has 38 heavy (non-hydrogen) atoms. The van der Waals surface area contributed by atoms with Crippen molar-refractivity contribution in [3.63, 3.8) is 0 Å². The number of esters is 1. The van der Waals surface area contributed by atoms with Crippen molar-refractivity contribution in [1.29, 1.82) is 0 Å². The number of H-pyrrole nitrogens is 1. The number of nitrogens with one attached hydrogen (secondary N) is 2. The zero-order chi connectivity index (χ0) is 27.1. The second kappa shape index (κ2) is 10.4. The van der Waals surface area contributed by atoms with Crippen molar-refractivity contribution in [3.8, 4) is 0 Å². The number of Topliss-reactive ketones (excluding diaryl/α,β-unsaturated/α-hetero) is 1. The van der Waals surface area contributed by atoms with Crippen molar-refractivity contribution in [3.05, 3.63) is 29.9 Å². The van der Waals surface area contributed by atoms with Gasteiger partial charge in [-0.1, -0.05) is 19.4 Å². The van der Waals surface area contributed by atoms with E-state index in [-0.39, 0.29) is 65.1 Å². The van der Waals surface area contributed by atoms with Crippen LogP contribution in [0.4, 0.5) is 0 Å². The summed E-state index contributed by atoms with van der Waals surface area (Å²) in [4.78, 5) is 57.4. The Balaban J connectivity index is 1.29. The Labute approximate surface area is 224 Å². The average Bonchev–Trinajstić information content (AvgIpc) is 3.50. The van der Waals surface area contributed by atoms with Crippen LogP contribution in [0.1, 0.15) is 84.3 Å². The lowest BCUT2D eigenvalue weighted by Crippen LogP contribution is -2.58. The van der Waals surface area contributed by atoms with E-state index < -0.39 is 0 Å². The molecule has 0 saturated heterocycles. The monoisotopic (exact) mass is 523 g/mol. The molecule has 8 nitrogen and oxygen atoms in total. The van der Waals surface area contributed by atoms with Gasteiger partial charge in [0.15, 0.2) is 5.78 Å². The summed E-state index contributed by atoms with van der Waals surface area (Å²) in [6.07, 6.45) is 11.4. The zero-order valence-corrected chi connectivity index (χ0v) is 22.9. The second-order valence-corrected chi connectivity index (χ2v) is 12.5. The fourth-order valence-corrected chi connectivity index (χ4v) is 8.72. The molecule has 8 heteroatoms. The normalized spacial score (nSPS) is 35.9. The fourth-order valence-electron chi connectivity index (χ4n) is 8.72. The van der Waals surface area contributed by atoms with Crippen LogP contribution in [0.25, 0.3) is 0 Å². The van der Waals surface area contributed by atoms with Gasteiger partial charge >= 0.3 is 5.97 Å². The minimum absolute atomic E-state index is 0.00650. The average molecular weight is 524 g/mol. The highest BCUT2D eigenvalue weighted by molar-refractivity contribution is 5.91. The van der Waals surface area contributed by atoms with Gasteiger partial charge in [0.25, 0.3) is 0 Å². The smallest absolute Gasteiger partial charge is 0.306 e. The topological polar surface area (TPSA) is 118 Å². The number of nitrogens with zero attached hydrogens (tertiary/aromatic N) is 1. The van der Waals surface area contributed by atoms with E-state index in [9.17, 15) is 19.2 Å². The fraction of sp³-hybridized carbons (Fsp3) is 0.700. The lowest BCUT2D eigenvalue weighted by atomic mass is 9.46. The third-order valence-corrected chi connectivity index (χ3v) is 10.5. The van der Waals surface area contributed by atoms with Gasteiger partial charge in [0, 0.05) is 49.5 Å². The Morgan fingerprint density at radius 1 is 1.16 bits per heavy atom. The van der Waals surface area contributed by atoms with Gasteiger partial charge in [0.1, 0.15) is 11.9 Å². The van der Waals surface area contributed by atoms with Gasteiger partial charge in [-0.25, -0.2) is 4.98 Å². The molecule has 3 fully saturated rings. The predicted octanol–water partition coefficient (Wildman–Crippen LogP) is 4.11. The molecule has 2 N–H and O–H groups in total. The van der Waals surface area contributed by atoms with Gasteiger partial charge in [-0.15, -0.1) is 0 Å². The van der Waals surface area contributed by atoms with Crippen molar-refractivity contribution >= 4 is 23.4 Å². The van der Waals surface area contributed by atoms with E-state index in [0.717, 1.165) is 37.8 Å². The molecule has 0 bridgehead atoms. The van der Waals surface area contributed by atoms with E-state index in [4.69, 9.17) is 4.74 Å². The summed E-state index contributed by atoms with van der Waals surface area (Å²) in [7, 11) is 0. The summed E-state index contributed by atoms with van der Waals surface area (Å²) < 4.78 is 6.26. The molecule has 0 aliphatic heterocycles. The Morgan fingerprint density at radius 2 is 1.97 bits per heavy atom. The number of amides is 1. The first-order valence-electron chi connectivity index (χ1n) is 14.3. The van der Waals surface area contributed by atoms with Crippen LogP contribution >= 0.6 is 0 Å². The molecule has 0 radical (unpaired) electrons. The van der Waals surface area contributed by atoms with Crippen molar-refractivity contribution in [2.75, 3.05) is 6.54 Å². The van der Waals surface area contributed by atoms with E-state index >= 15 is 0 Å². The van der Waals surface area contributed by atoms with Crippen LogP contribution in [-0.4, -0.2) is 46.1 Å². The molecule has 3 saturated carbocycles. The maximum atomic E-state index is 13.1. The van der Waals surface area contributed by atoms with Gasteiger partial charge in [-0.2, -0.15) is 0 Å². The summed E-state index contributed by atoms with van der Waals surface area (Å²) in [5.41, 5.74) is 1.78. The van der Waals surface area contributed by atoms with Gasteiger partial charge in [-0.05, 0) is 74.2 Å². The predicted molar refractivity (Wildman–Crippen MR) is 141 cm³/mol. The van der Waals surface area contributed by atoms with Gasteiger partial charge in [0.05, 0.1) is 12.7 Å². The highest BCUT2D eigenvalue weighted by Gasteiger charge is 2.63. The Morgan fingerprint density at radius 3 is 2.71 bits per heavy atom. The van der Waals surface area contributed by atoms with Gasteiger partial charge < -0.3 is 15.0 Å². The summed E-state index contributed by atoms with van der Waals surface area (Å²) in [6, 6.07) is 0. The molecule has 0 aromatic carbocycles. The highest BCUT2D eigenvalue weighted by atomic mass is 16.5. The number of carbonyl (C=O) groups excluding carboxylic acids is 4. The van der Waals surface area contributed by atoms with E-state index in [1.54, 1.807) is 19.4 Å². The maximum absolute atomic E-state index is 13.1. The van der Waals surface area contributed by atoms with Crippen LogP contribution in [-0.2, 0) is 30.3 Å². The largest absolute Gasteiger partial charge is 0.462 e. The summed E-state index contributed by atoms with van der Waals surface area (Å²) in [6.45, 7) is 6.67. The number of imidazole rings is 1. The van der Waals surface area contributed by atoms with Crippen LogP contribution < -0.4 is 5.32 Å². The molecule has 0 spiro atoms. The number of aromatic nitrogens is 2. The molecular formula is C30H41N3O5. The summed E-state index contributed by atoms with van der Waals surface area (Å²) in [5.74, 6) is 0.800. The maximum Gasteiger partial charge on any atom is 0.306 e. The van der Waals surface area contributed by atoms with Crippen molar-refractivity contribution in [1.82, 2.24) is 15.3 Å². The molecule has 1 aromatic heterocycles. The van der Waals surface area contributed by atoms with Crippen molar-refractivity contribution < 1.29 is 23.9 Å². The number of carbonyl (C=O) groups is 4. The Hall–Kier alpha value is -2.77. The number of ether oxygens (including phenoxy) is 1. The van der Waals surface area contributed by atoms with Crippen LogP contribution in [0.5, 0.6) is 0 Å². The van der Waals surface area contributed by atoms with Crippen molar-refractivity contribution in [2.45, 2.75) is 91.1 Å². The molecule has 0 unspecified atom stereocenters. The molecule has 1 heterocycles. The lowest BCUT2D eigenvalue weighted by Gasteiger charge is -2.60. The first-order chi connectivity index (χ1) is 18.1. The quantitative estimate of drug-likeness (QED) is 0.495. The molecule has 5 rings (SSSR count). The molecular weight excluding hydrogens is 482 g/mol. The van der Waals surface area contributed by atoms with Crippen molar-refractivity contribution in [2.24, 2.45) is 34.5 Å². The number of hydrogen-bond acceptors (Lipinski definition) is 6. The molecule has 1 aromatic rings. The minimum Gasteiger partial charge on any atom is -0.462 e. The van der Waals surface area contributed by atoms with E-state index in [0.29, 0.717) is 37.6 Å². The standard InChI is InChI=1S/C30H41N3O5/c1-18(34)23-6-7-24-22-5-4-19-14-21(35)10-12-29(19,2)28(22)25(15-30(23,24)3)38-27(37)9-8-26(36)32-13-11-20-16-31-17-33-20/h14,16-17,22-25,28H,4-13,15H2,1-3H3,(H,31,33)(H,32,36)/t22-,23+,24-,25+,28+,29-,30+/m0/s1. The number of rotatable bonds is 8. The zero-order valence-electron chi connectivity index (χ0n) is 22.9. The summed E-state index contributed by atoms with van der Waals surface area (Å²) >= 11 is 0. The number of fused-ring (bicyclic) bond motifs is 5. The Kier molecular flexibility index (Phi) is 7.35.